The van der Waals surface area contributed by atoms with Gasteiger partial charge in [-0.2, -0.15) is 0 Å². The van der Waals surface area contributed by atoms with Gasteiger partial charge in [0.2, 0.25) is 10.0 Å². The molecule has 1 aliphatic heterocycles. The molecule has 0 bridgehead atoms. The maximum absolute atomic E-state index is 11.7. The lowest BCUT2D eigenvalue weighted by Gasteiger charge is -2.36. The van der Waals surface area contributed by atoms with Crippen molar-refractivity contribution in [3.63, 3.8) is 0 Å². The average molecular weight is 312 g/mol. The van der Waals surface area contributed by atoms with Gasteiger partial charge in [0.15, 0.2) is 0 Å². The summed E-state index contributed by atoms with van der Waals surface area (Å²) in [6, 6.07) is 7.06. The first-order chi connectivity index (χ1) is 10.1. The van der Waals surface area contributed by atoms with Crippen LogP contribution in [0.3, 0.4) is 0 Å². The molecule has 1 aliphatic rings. The maximum Gasteiger partial charge on any atom is 0.240 e. The van der Waals surface area contributed by atoms with Crippen LogP contribution in [0.2, 0.25) is 0 Å². The Morgan fingerprint density at radius 3 is 2.29 bits per heavy atom. The predicted octanol–water partition coefficient (Wildman–Crippen LogP) is 0.0655. The van der Waals surface area contributed by atoms with Crippen molar-refractivity contribution in [3.8, 4) is 0 Å². The Balaban J connectivity index is 1.95. The van der Waals surface area contributed by atoms with Gasteiger partial charge in [-0.15, -0.1) is 0 Å². The summed E-state index contributed by atoms with van der Waals surface area (Å²) < 4.78 is 25.7. The number of nitrogens with two attached hydrogens (primary N) is 1. The van der Waals surface area contributed by atoms with Crippen LogP contribution >= 0.6 is 0 Å². The second-order valence-corrected chi connectivity index (χ2v) is 7.06. The van der Waals surface area contributed by atoms with Crippen molar-refractivity contribution in [1.82, 2.24) is 9.62 Å². The largest absolute Gasteiger partial charge is 0.369 e. The van der Waals surface area contributed by atoms with E-state index >= 15 is 0 Å². The van der Waals surface area contributed by atoms with Crippen LogP contribution in [0, 0.1) is 0 Å². The number of anilines is 1. The molecule has 0 atom stereocenters. The lowest BCUT2D eigenvalue weighted by Crippen LogP contribution is -2.46. The van der Waals surface area contributed by atoms with Crippen LogP contribution in [0.25, 0.3) is 0 Å². The maximum atomic E-state index is 11.7. The molecule has 0 aromatic heterocycles. The minimum Gasteiger partial charge on any atom is -0.369 e. The van der Waals surface area contributed by atoms with Gasteiger partial charge in [-0.05, 0) is 50.8 Å². The molecule has 0 amide bonds. The van der Waals surface area contributed by atoms with Gasteiger partial charge >= 0.3 is 0 Å². The zero-order chi connectivity index (χ0) is 15.3. The Morgan fingerprint density at radius 1 is 1.14 bits per heavy atom. The van der Waals surface area contributed by atoms with Crippen molar-refractivity contribution >= 4 is 15.7 Å². The van der Waals surface area contributed by atoms with Gasteiger partial charge in [-0.3, -0.25) is 4.90 Å². The van der Waals surface area contributed by atoms with Crippen LogP contribution in [-0.2, 0) is 10.0 Å². The lowest BCUT2D eigenvalue weighted by atomic mass is 10.2. The average Bonchev–Trinajstić information content (AvgIpc) is 2.53. The summed E-state index contributed by atoms with van der Waals surface area (Å²) in [4.78, 5) is 5.01. The monoisotopic (exact) mass is 312 g/mol. The third-order valence-corrected chi connectivity index (χ3v) is 5.26. The first kappa shape index (κ1) is 16.2. The van der Waals surface area contributed by atoms with E-state index in [9.17, 15) is 8.42 Å². The Labute approximate surface area is 127 Å². The molecule has 1 aromatic rings. The van der Waals surface area contributed by atoms with Crippen molar-refractivity contribution < 1.29 is 8.42 Å². The van der Waals surface area contributed by atoms with Gasteiger partial charge in [0.1, 0.15) is 0 Å². The van der Waals surface area contributed by atoms with E-state index in [1.165, 1.54) is 7.05 Å². The Hall–Kier alpha value is -1.15. The van der Waals surface area contributed by atoms with Crippen LogP contribution in [0.5, 0.6) is 0 Å². The molecular formula is C14H24N4O2S. The Morgan fingerprint density at radius 2 is 1.76 bits per heavy atom. The van der Waals surface area contributed by atoms with Gasteiger partial charge < -0.3 is 10.6 Å². The molecule has 1 saturated heterocycles. The van der Waals surface area contributed by atoms with E-state index in [0.717, 1.165) is 51.4 Å². The topological polar surface area (TPSA) is 78.7 Å². The third kappa shape index (κ3) is 4.16. The second kappa shape index (κ2) is 7.22. The number of sulfonamides is 1. The molecule has 21 heavy (non-hydrogen) atoms. The van der Waals surface area contributed by atoms with Gasteiger partial charge in [-0.25, -0.2) is 13.1 Å². The molecule has 1 heterocycles. The quantitative estimate of drug-likeness (QED) is 0.777. The van der Waals surface area contributed by atoms with E-state index in [0.29, 0.717) is 4.90 Å². The normalized spacial score (nSPS) is 17.1. The number of hydrogen-bond acceptors (Lipinski definition) is 5. The second-order valence-electron chi connectivity index (χ2n) is 5.17. The zero-order valence-corrected chi connectivity index (χ0v) is 13.3. The summed E-state index contributed by atoms with van der Waals surface area (Å²) in [7, 11) is -1.93. The number of benzene rings is 1. The SMILES string of the molecule is CNS(=O)(=O)c1ccc(N2CCN(CCCN)CC2)cc1. The molecule has 0 unspecified atom stereocenters. The van der Waals surface area contributed by atoms with E-state index < -0.39 is 10.0 Å². The number of hydrogen-bond donors (Lipinski definition) is 2. The van der Waals surface area contributed by atoms with Crippen molar-refractivity contribution in [2.24, 2.45) is 5.73 Å². The van der Waals surface area contributed by atoms with Crippen LogP contribution in [-0.4, -0.2) is 59.6 Å². The molecule has 1 fully saturated rings. The minimum atomic E-state index is -3.35. The van der Waals surface area contributed by atoms with Crippen LogP contribution in [0.15, 0.2) is 29.2 Å². The third-order valence-electron chi connectivity index (χ3n) is 3.83. The van der Waals surface area contributed by atoms with Crippen LogP contribution in [0.1, 0.15) is 6.42 Å². The predicted molar refractivity (Wildman–Crippen MR) is 85.0 cm³/mol. The summed E-state index contributed by atoms with van der Waals surface area (Å²) in [5, 5.41) is 0. The smallest absolute Gasteiger partial charge is 0.240 e. The number of nitrogens with zero attached hydrogens (tertiary/aromatic N) is 2. The van der Waals surface area contributed by atoms with E-state index in [1.54, 1.807) is 12.1 Å². The molecule has 3 N–H and O–H groups in total. The standard InChI is InChI=1S/C14H24N4O2S/c1-16-21(19,20)14-5-3-13(4-6-14)18-11-9-17(10-12-18)8-2-7-15/h3-6,16H,2,7-12,15H2,1H3. The number of nitrogens with one attached hydrogen (secondary N) is 1. The molecule has 0 spiro atoms. The minimum absolute atomic E-state index is 0.301. The van der Waals surface area contributed by atoms with E-state index in [1.807, 2.05) is 12.1 Å². The molecule has 0 radical (unpaired) electrons. The fraction of sp³-hybridized carbons (Fsp3) is 0.571. The molecule has 0 saturated carbocycles. The van der Waals surface area contributed by atoms with Crippen LogP contribution in [0.4, 0.5) is 5.69 Å². The summed E-state index contributed by atoms with van der Waals surface area (Å²) >= 11 is 0. The van der Waals surface area contributed by atoms with E-state index in [2.05, 4.69) is 14.5 Å². The molecule has 118 valence electrons. The zero-order valence-electron chi connectivity index (χ0n) is 12.5. The molecule has 7 heteroatoms. The summed E-state index contributed by atoms with van der Waals surface area (Å²) in [6.07, 6.45) is 1.04. The number of rotatable bonds is 6. The fourth-order valence-electron chi connectivity index (χ4n) is 2.50. The highest BCUT2D eigenvalue weighted by atomic mass is 32.2. The van der Waals surface area contributed by atoms with Crippen LogP contribution < -0.4 is 15.4 Å². The van der Waals surface area contributed by atoms with Crippen molar-refractivity contribution in [2.45, 2.75) is 11.3 Å². The first-order valence-corrected chi connectivity index (χ1v) is 8.76. The number of piperazine rings is 1. The molecule has 6 nitrogen and oxygen atoms in total. The molecule has 2 rings (SSSR count). The van der Waals surface area contributed by atoms with E-state index in [4.69, 9.17) is 5.73 Å². The summed E-state index contributed by atoms with van der Waals surface area (Å²) in [5.41, 5.74) is 6.61. The summed E-state index contributed by atoms with van der Waals surface area (Å²) in [5.74, 6) is 0. The first-order valence-electron chi connectivity index (χ1n) is 7.28. The highest BCUT2D eigenvalue weighted by molar-refractivity contribution is 7.89. The van der Waals surface area contributed by atoms with Crippen molar-refractivity contribution in [2.75, 3.05) is 51.2 Å². The highest BCUT2D eigenvalue weighted by Gasteiger charge is 2.17. The van der Waals surface area contributed by atoms with Gasteiger partial charge in [-0.1, -0.05) is 0 Å². The molecule has 0 aliphatic carbocycles. The van der Waals surface area contributed by atoms with Gasteiger partial charge in [0.05, 0.1) is 4.90 Å². The van der Waals surface area contributed by atoms with Gasteiger partial charge in [0.25, 0.3) is 0 Å². The van der Waals surface area contributed by atoms with Crippen molar-refractivity contribution in [3.05, 3.63) is 24.3 Å². The molecule has 1 aromatic carbocycles. The fourth-order valence-corrected chi connectivity index (χ4v) is 3.23. The summed E-state index contributed by atoms with van der Waals surface area (Å²) in [6.45, 7) is 5.77. The van der Waals surface area contributed by atoms with Gasteiger partial charge in [0, 0.05) is 31.9 Å². The Kier molecular flexibility index (Phi) is 5.58. The lowest BCUT2D eigenvalue weighted by molar-refractivity contribution is 0.256. The van der Waals surface area contributed by atoms with E-state index in [-0.39, 0.29) is 0 Å². The highest BCUT2D eigenvalue weighted by Crippen LogP contribution is 2.19. The molecular weight excluding hydrogens is 288 g/mol. The Bertz CT molecular complexity index is 537. The van der Waals surface area contributed by atoms with Crippen molar-refractivity contribution in [1.29, 1.82) is 0 Å².